The van der Waals surface area contributed by atoms with Crippen molar-refractivity contribution in [3.8, 4) is 5.75 Å². The van der Waals surface area contributed by atoms with Crippen molar-refractivity contribution in [1.29, 1.82) is 0 Å². The molecule has 1 aromatic carbocycles. The summed E-state index contributed by atoms with van der Waals surface area (Å²) in [6, 6.07) is 3.39. The Morgan fingerprint density at radius 3 is 2.81 bits per heavy atom. The van der Waals surface area contributed by atoms with Crippen LogP contribution in [-0.4, -0.2) is 29.7 Å². The fraction of sp³-hybridized carbons (Fsp3) is 0.222. The molecule has 0 radical (unpaired) electrons. The second-order valence-electron chi connectivity index (χ2n) is 2.94. The number of amides is 1. The number of ether oxygens (including phenoxy) is 1. The van der Waals surface area contributed by atoms with E-state index in [0.717, 1.165) is 6.07 Å². The van der Waals surface area contributed by atoms with E-state index < -0.39 is 10.8 Å². The first-order valence-electron chi connectivity index (χ1n) is 4.30. The number of carbonyl (C=O) groups is 1. The second-order valence-corrected chi connectivity index (χ2v) is 2.94. The third-order valence-corrected chi connectivity index (χ3v) is 1.74. The van der Waals surface area contributed by atoms with Crippen molar-refractivity contribution in [2.75, 3.05) is 19.0 Å². The highest BCUT2D eigenvalue weighted by molar-refractivity contribution is 5.93. The molecule has 86 valence electrons. The van der Waals surface area contributed by atoms with E-state index in [-0.39, 0.29) is 23.7 Å². The van der Waals surface area contributed by atoms with Crippen molar-refractivity contribution >= 4 is 17.3 Å². The van der Waals surface area contributed by atoms with Crippen molar-refractivity contribution in [2.45, 2.75) is 0 Å². The van der Waals surface area contributed by atoms with Crippen LogP contribution in [0.3, 0.4) is 0 Å². The second kappa shape index (κ2) is 5.08. The van der Waals surface area contributed by atoms with Gasteiger partial charge in [-0.2, -0.15) is 0 Å². The number of non-ortho nitro benzene ring substituents is 1. The summed E-state index contributed by atoms with van der Waals surface area (Å²) in [5, 5.41) is 22.1. The Hall–Kier alpha value is -2.15. The summed E-state index contributed by atoms with van der Waals surface area (Å²) in [6.07, 6.45) is 0. The molecule has 1 rings (SSSR count). The molecule has 2 N–H and O–H groups in total. The highest BCUT2D eigenvalue weighted by atomic mass is 16.6. The summed E-state index contributed by atoms with van der Waals surface area (Å²) in [6.45, 7) is -0.156. The molecule has 0 aromatic heterocycles. The third kappa shape index (κ3) is 2.92. The molecular weight excluding hydrogens is 216 g/mol. The molecule has 7 heteroatoms. The van der Waals surface area contributed by atoms with Crippen molar-refractivity contribution < 1.29 is 19.6 Å². The molecular formula is C9H10N2O5. The lowest BCUT2D eigenvalue weighted by Crippen LogP contribution is -2.17. The first-order chi connectivity index (χ1) is 7.54. The number of hydrogen-bond acceptors (Lipinski definition) is 5. The van der Waals surface area contributed by atoms with Gasteiger partial charge < -0.3 is 15.2 Å². The number of rotatable bonds is 4. The Kier molecular flexibility index (Phi) is 3.78. The van der Waals surface area contributed by atoms with E-state index in [0.29, 0.717) is 0 Å². The van der Waals surface area contributed by atoms with Crippen LogP contribution >= 0.6 is 0 Å². The van der Waals surface area contributed by atoms with Crippen LogP contribution in [0.25, 0.3) is 0 Å². The monoisotopic (exact) mass is 226 g/mol. The first kappa shape index (κ1) is 11.9. The molecule has 0 spiro atoms. The number of anilines is 1. The number of hydrogen-bond donors (Lipinski definition) is 2. The lowest BCUT2D eigenvalue weighted by atomic mass is 10.2. The quantitative estimate of drug-likeness (QED) is 0.451. The highest BCUT2D eigenvalue weighted by Crippen LogP contribution is 2.27. The third-order valence-electron chi connectivity index (χ3n) is 1.74. The largest absolute Gasteiger partial charge is 0.506 e. The Morgan fingerprint density at radius 2 is 2.31 bits per heavy atom. The Morgan fingerprint density at radius 1 is 1.62 bits per heavy atom. The molecule has 0 aliphatic heterocycles. The van der Waals surface area contributed by atoms with Crippen molar-refractivity contribution in [2.24, 2.45) is 0 Å². The van der Waals surface area contributed by atoms with Crippen LogP contribution in [0.1, 0.15) is 0 Å². The molecule has 0 saturated carbocycles. The molecule has 0 saturated heterocycles. The summed E-state index contributed by atoms with van der Waals surface area (Å²) in [7, 11) is 1.36. The number of phenols is 1. The van der Waals surface area contributed by atoms with Gasteiger partial charge >= 0.3 is 0 Å². The molecule has 1 amide bonds. The fourth-order valence-corrected chi connectivity index (χ4v) is 1.06. The minimum absolute atomic E-state index is 0.104. The number of benzene rings is 1. The van der Waals surface area contributed by atoms with Crippen LogP contribution in [0.4, 0.5) is 11.4 Å². The minimum Gasteiger partial charge on any atom is -0.506 e. The van der Waals surface area contributed by atoms with Gasteiger partial charge in [-0.25, -0.2) is 0 Å². The molecule has 0 heterocycles. The van der Waals surface area contributed by atoms with Crippen molar-refractivity contribution in [1.82, 2.24) is 0 Å². The summed E-state index contributed by atoms with van der Waals surface area (Å²) in [5.74, 6) is -0.815. The SMILES string of the molecule is COCC(=O)Nc1ccc([N+](=O)[O-])cc1O. The van der Waals surface area contributed by atoms with E-state index in [1.807, 2.05) is 0 Å². The Labute approximate surface area is 90.8 Å². The lowest BCUT2D eigenvalue weighted by Gasteiger charge is -2.06. The average molecular weight is 226 g/mol. The van der Waals surface area contributed by atoms with Gasteiger partial charge in [0.05, 0.1) is 16.7 Å². The smallest absolute Gasteiger partial charge is 0.273 e. The topological polar surface area (TPSA) is 102 Å². The normalized spacial score (nSPS) is 9.81. The molecule has 0 aliphatic carbocycles. The number of aromatic hydroxyl groups is 1. The van der Waals surface area contributed by atoms with Gasteiger partial charge in [0, 0.05) is 13.2 Å². The molecule has 0 fully saturated rings. The summed E-state index contributed by atoms with van der Waals surface area (Å²) in [5.41, 5.74) is -0.144. The van der Waals surface area contributed by atoms with Gasteiger partial charge in [-0.05, 0) is 6.07 Å². The molecule has 0 bridgehead atoms. The van der Waals surface area contributed by atoms with E-state index in [9.17, 15) is 20.0 Å². The van der Waals surface area contributed by atoms with Gasteiger partial charge in [-0.15, -0.1) is 0 Å². The van der Waals surface area contributed by atoms with Crippen LogP contribution in [-0.2, 0) is 9.53 Å². The van der Waals surface area contributed by atoms with E-state index in [2.05, 4.69) is 10.1 Å². The van der Waals surface area contributed by atoms with Crippen LogP contribution in [0.15, 0.2) is 18.2 Å². The number of nitro benzene ring substituents is 1. The van der Waals surface area contributed by atoms with Crippen molar-refractivity contribution in [3.05, 3.63) is 28.3 Å². The number of nitrogens with zero attached hydrogens (tertiary/aromatic N) is 1. The standard InChI is InChI=1S/C9H10N2O5/c1-16-5-9(13)10-7-3-2-6(11(14)15)4-8(7)12/h2-4,12H,5H2,1H3,(H,10,13). The Balaban J connectivity index is 2.83. The maximum atomic E-state index is 11.1. The first-order valence-corrected chi connectivity index (χ1v) is 4.30. The van der Waals surface area contributed by atoms with E-state index in [4.69, 9.17) is 0 Å². The fourth-order valence-electron chi connectivity index (χ4n) is 1.06. The molecule has 0 atom stereocenters. The summed E-state index contributed by atoms with van der Waals surface area (Å²) < 4.78 is 4.58. The van der Waals surface area contributed by atoms with Crippen LogP contribution in [0.2, 0.25) is 0 Å². The summed E-state index contributed by atoms with van der Waals surface area (Å²) >= 11 is 0. The molecule has 0 aliphatic rings. The lowest BCUT2D eigenvalue weighted by molar-refractivity contribution is -0.384. The van der Waals surface area contributed by atoms with Gasteiger partial charge in [0.25, 0.3) is 5.69 Å². The zero-order valence-electron chi connectivity index (χ0n) is 8.47. The zero-order chi connectivity index (χ0) is 12.1. The van der Waals surface area contributed by atoms with Crippen LogP contribution < -0.4 is 5.32 Å². The van der Waals surface area contributed by atoms with E-state index in [1.54, 1.807) is 0 Å². The molecule has 7 nitrogen and oxygen atoms in total. The average Bonchev–Trinajstić information content (AvgIpc) is 2.21. The van der Waals surface area contributed by atoms with Gasteiger partial charge in [0.1, 0.15) is 12.4 Å². The van der Waals surface area contributed by atoms with E-state index in [1.165, 1.54) is 19.2 Å². The predicted octanol–water partition coefficient (Wildman–Crippen LogP) is 0.885. The maximum Gasteiger partial charge on any atom is 0.273 e. The molecule has 1 aromatic rings. The van der Waals surface area contributed by atoms with E-state index >= 15 is 0 Å². The number of carbonyl (C=O) groups excluding carboxylic acids is 1. The molecule has 0 unspecified atom stereocenters. The molecule has 16 heavy (non-hydrogen) atoms. The summed E-state index contributed by atoms with van der Waals surface area (Å²) in [4.78, 5) is 20.8. The van der Waals surface area contributed by atoms with Gasteiger partial charge in [0.15, 0.2) is 0 Å². The van der Waals surface area contributed by atoms with Crippen LogP contribution in [0.5, 0.6) is 5.75 Å². The predicted molar refractivity (Wildman–Crippen MR) is 55.3 cm³/mol. The highest BCUT2D eigenvalue weighted by Gasteiger charge is 2.11. The van der Waals surface area contributed by atoms with Gasteiger partial charge in [-0.3, -0.25) is 14.9 Å². The zero-order valence-corrected chi connectivity index (χ0v) is 8.47. The van der Waals surface area contributed by atoms with Crippen molar-refractivity contribution in [3.63, 3.8) is 0 Å². The van der Waals surface area contributed by atoms with Gasteiger partial charge in [0.2, 0.25) is 5.91 Å². The Bertz CT molecular complexity index is 418. The van der Waals surface area contributed by atoms with Gasteiger partial charge in [-0.1, -0.05) is 0 Å². The number of nitrogens with one attached hydrogen (secondary N) is 1. The maximum absolute atomic E-state index is 11.1. The number of nitro groups is 1. The minimum atomic E-state index is -0.638. The number of methoxy groups -OCH3 is 1. The number of phenolic OH excluding ortho intramolecular Hbond substituents is 1. The van der Waals surface area contributed by atoms with Crippen LogP contribution in [0, 0.1) is 10.1 Å².